The van der Waals surface area contributed by atoms with Gasteiger partial charge in [-0.1, -0.05) is 6.07 Å². The van der Waals surface area contributed by atoms with Gasteiger partial charge in [-0.3, -0.25) is 4.79 Å². The number of sulfonamides is 1. The summed E-state index contributed by atoms with van der Waals surface area (Å²) in [6.45, 7) is -0.136. The number of benzene rings is 1. The van der Waals surface area contributed by atoms with Crippen molar-refractivity contribution in [2.45, 2.75) is 11.3 Å². The summed E-state index contributed by atoms with van der Waals surface area (Å²) in [5.74, 6) is -1.24. The standard InChI is InChI=1S/C11H12FN3O3S/c1-14-11(16)5-6-15-19(17,18)10-4-2-3-9(12)8(10)7-13/h2-4,15H,5-6H2,1H3,(H,14,16). The predicted molar refractivity (Wildman–Crippen MR) is 65.0 cm³/mol. The molecule has 0 aliphatic carbocycles. The molecule has 0 unspecified atom stereocenters. The number of hydrogen-bond acceptors (Lipinski definition) is 4. The predicted octanol–water partition coefficient (Wildman–Crippen LogP) is 0.112. The van der Waals surface area contributed by atoms with Gasteiger partial charge in [0.25, 0.3) is 0 Å². The lowest BCUT2D eigenvalue weighted by Crippen LogP contribution is -2.29. The van der Waals surface area contributed by atoms with Gasteiger partial charge >= 0.3 is 0 Å². The monoisotopic (exact) mass is 285 g/mol. The van der Waals surface area contributed by atoms with Crippen molar-refractivity contribution in [3.8, 4) is 6.07 Å². The van der Waals surface area contributed by atoms with Crippen molar-refractivity contribution in [2.24, 2.45) is 0 Å². The molecule has 0 aliphatic heterocycles. The molecule has 102 valence electrons. The molecule has 0 fully saturated rings. The third-order valence-electron chi connectivity index (χ3n) is 2.30. The number of rotatable bonds is 5. The third kappa shape index (κ3) is 3.74. The molecule has 1 aromatic carbocycles. The van der Waals surface area contributed by atoms with Crippen LogP contribution < -0.4 is 10.0 Å². The van der Waals surface area contributed by atoms with Crippen LogP contribution in [0.4, 0.5) is 4.39 Å². The van der Waals surface area contributed by atoms with E-state index in [1.54, 1.807) is 0 Å². The van der Waals surface area contributed by atoms with Crippen molar-refractivity contribution < 1.29 is 17.6 Å². The highest BCUT2D eigenvalue weighted by Crippen LogP contribution is 2.17. The average molecular weight is 285 g/mol. The summed E-state index contributed by atoms with van der Waals surface area (Å²) < 4.78 is 39.2. The Labute approximate surface area is 110 Å². The van der Waals surface area contributed by atoms with Gasteiger partial charge in [0, 0.05) is 20.0 Å². The first-order valence-corrected chi connectivity index (χ1v) is 6.79. The van der Waals surface area contributed by atoms with Gasteiger partial charge in [0.15, 0.2) is 0 Å². The maximum Gasteiger partial charge on any atom is 0.242 e. The van der Waals surface area contributed by atoms with Crippen LogP contribution in [0.5, 0.6) is 0 Å². The van der Waals surface area contributed by atoms with E-state index in [-0.39, 0.29) is 18.9 Å². The van der Waals surface area contributed by atoms with Gasteiger partial charge in [-0.2, -0.15) is 5.26 Å². The van der Waals surface area contributed by atoms with E-state index in [0.717, 1.165) is 12.1 Å². The Bertz CT molecular complexity index is 623. The van der Waals surface area contributed by atoms with Crippen LogP contribution in [-0.4, -0.2) is 27.9 Å². The average Bonchev–Trinajstić information content (AvgIpc) is 2.37. The minimum Gasteiger partial charge on any atom is -0.359 e. The molecule has 1 aromatic rings. The fourth-order valence-corrected chi connectivity index (χ4v) is 2.53. The van der Waals surface area contributed by atoms with E-state index in [1.165, 1.54) is 19.2 Å². The van der Waals surface area contributed by atoms with Crippen molar-refractivity contribution in [2.75, 3.05) is 13.6 Å². The number of carbonyl (C=O) groups is 1. The molecular weight excluding hydrogens is 273 g/mol. The smallest absolute Gasteiger partial charge is 0.242 e. The zero-order valence-electron chi connectivity index (χ0n) is 10.1. The minimum absolute atomic E-state index is 0.0487. The molecule has 0 aromatic heterocycles. The summed E-state index contributed by atoms with van der Waals surface area (Å²) in [6.07, 6.45) is -0.0487. The van der Waals surface area contributed by atoms with Gasteiger partial charge in [-0.25, -0.2) is 17.5 Å². The molecule has 0 saturated carbocycles. The number of nitrogens with zero attached hydrogens (tertiary/aromatic N) is 1. The highest BCUT2D eigenvalue weighted by molar-refractivity contribution is 7.89. The minimum atomic E-state index is -4.02. The summed E-state index contributed by atoms with van der Waals surface area (Å²) in [7, 11) is -2.59. The molecule has 0 heterocycles. The molecule has 0 atom stereocenters. The number of halogens is 1. The molecule has 6 nitrogen and oxygen atoms in total. The van der Waals surface area contributed by atoms with Gasteiger partial charge in [-0.15, -0.1) is 0 Å². The summed E-state index contributed by atoms with van der Waals surface area (Å²) in [4.78, 5) is 10.5. The fourth-order valence-electron chi connectivity index (χ4n) is 1.34. The second kappa shape index (κ2) is 6.26. The molecule has 0 saturated heterocycles. The topological polar surface area (TPSA) is 99.1 Å². The molecule has 2 N–H and O–H groups in total. The van der Waals surface area contributed by atoms with E-state index < -0.39 is 26.3 Å². The quantitative estimate of drug-likeness (QED) is 0.802. The largest absolute Gasteiger partial charge is 0.359 e. The highest BCUT2D eigenvalue weighted by Gasteiger charge is 2.20. The first-order chi connectivity index (χ1) is 8.92. The maximum absolute atomic E-state index is 13.3. The third-order valence-corrected chi connectivity index (χ3v) is 3.80. The van der Waals surface area contributed by atoms with Crippen molar-refractivity contribution in [1.82, 2.24) is 10.0 Å². The van der Waals surface area contributed by atoms with Crippen LogP contribution in [0.2, 0.25) is 0 Å². The van der Waals surface area contributed by atoms with Crippen LogP contribution in [0.15, 0.2) is 23.1 Å². The van der Waals surface area contributed by atoms with E-state index in [9.17, 15) is 17.6 Å². The van der Waals surface area contributed by atoms with Crippen LogP contribution in [0.1, 0.15) is 12.0 Å². The molecule has 0 radical (unpaired) electrons. The van der Waals surface area contributed by atoms with E-state index in [1.807, 2.05) is 0 Å². The first kappa shape index (κ1) is 15.1. The summed E-state index contributed by atoms with van der Waals surface area (Å²) >= 11 is 0. The molecule has 1 rings (SSSR count). The van der Waals surface area contributed by atoms with Gasteiger partial charge in [-0.05, 0) is 12.1 Å². The molecule has 8 heteroatoms. The van der Waals surface area contributed by atoms with E-state index in [4.69, 9.17) is 5.26 Å². The highest BCUT2D eigenvalue weighted by atomic mass is 32.2. The van der Waals surface area contributed by atoms with Gasteiger partial charge in [0.1, 0.15) is 22.3 Å². The van der Waals surface area contributed by atoms with E-state index >= 15 is 0 Å². The Hall–Kier alpha value is -1.98. The first-order valence-electron chi connectivity index (χ1n) is 5.31. The molecule has 0 aliphatic rings. The zero-order valence-corrected chi connectivity index (χ0v) is 10.9. The second-order valence-electron chi connectivity index (χ2n) is 3.55. The Balaban J connectivity index is 2.93. The number of hydrogen-bond donors (Lipinski definition) is 2. The maximum atomic E-state index is 13.3. The van der Waals surface area contributed by atoms with Crippen molar-refractivity contribution in [1.29, 1.82) is 5.26 Å². The SMILES string of the molecule is CNC(=O)CCNS(=O)(=O)c1cccc(F)c1C#N. The molecule has 0 bridgehead atoms. The summed E-state index contributed by atoms with van der Waals surface area (Å²) in [5, 5.41) is 11.1. The van der Waals surface area contributed by atoms with Gasteiger partial charge < -0.3 is 5.32 Å². The second-order valence-corrected chi connectivity index (χ2v) is 5.28. The zero-order chi connectivity index (χ0) is 14.5. The van der Waals surface area contributed by atoms with Crippen LogP contribution in [0, 0.1) is 17.1 Å². The van der Waals surface area contributed by atoms with Gasteiger partial charge in [0.2, 0.25) is 15.9 Å². The lowest BCUT2D eigenvalue weighted by atomic mass is 10.2. The number of carbonyl (C=O) groups excluding carboxylic acids is 1. The Morgan fingerprint density at radius 2 is 2.16 bits per heavy atom. The molecular formula is C11H12FN3O3S. The number of nitrogens with one attached hydrogen (secondary N) is 2. The molecule has 1 amide bonds. The Kier molecular flexibility index (Phi) is 4.97. The van der Waals surface area contributed by atoms with Crippen molar-refractivity contribution >= 4 is 15.9 Å². The summed E-state index contributed by atoms with van der Waals surface area (Å²) in [5.41, 5.74) is -0.546. The fraction of sp³-hybridized carbons (Fsp3) is 0.273. The molecule has 19 heavy (non-hydrogen) atoms. The lowest BCUT2D eigenvalue weighted by molar-refractivity contribution is -0.120. The van der Waals surface area contributed by atoms with Crippen molar-refractivity contribution in [3.05, 3.63) is 29.6 Å². The number of nitriles is 1. The van der Waals surface area contributed by atoms with Crippen molar-refractivity contribution in [3.63, 3.8) is 0 Å². The normalized spacial score (nSPS) is 10.8. The Morgan fingerprint density at radius 3 is 2.74 bits per heavy atom. The van der Waals surface area contributed by atoms with Crippen LogP contribution >= 0.6 is 0 Å². The van der Waals surface area contributed by atoms with Crippen LogP contribution in [-0.2, 0) is 14.8 Å². The van der Waals surface area contributed by atoms with E-state index in [0.29, 0.717) is 0 Å². The van der Waals surface area contributed by atoms with E-state index in [2.05, 4.69) is 10.0 Å². The summed E-state index contributed by atoms with van der Waals surface area (Å²) in [6, 6.07) is 4.84. The Morgan fingerprint density at radius 1 is 1.47 bits per heavy atom. The van der Waals surface area contributed by atoms with Gasteiger partial charge in [0.05, 0.1) is 0 Å². The van der Waals surface area contributed by atoms with Crippen LogP contribution in [0.3, 0.4) is 0 Å². The van der Waals surface area contributed by atoms with Crippen LogP contribution in [0.25, 0.3) is 0 Å². The number of amides is 1. The molecule has 0 spiro atoms. The lowest BCUT2D eigenvalue weighted by Gasteiger charge is -2.08.